The number of hydrogen-bond acceptors (Lipinski definition) is 4. The topological polar surface area (TPSA) is 84.2 Å². The lowest BCUT2D eigenvalue weighted by Crippen LogP contribution is -2.36. The quantitative estimate of drug-likeness (QED) is 0.717. The van der Waals surface area contributed by atoms with Crippen LogP contribution in [-0.2, 0) is 4.79 Å². The zero-order chi connectivity index (χ0) is 15.8. The highest BCUT2D eigenvalue weighted by molar-refractivity contribution is 7.98. The van der Waals surface area contributed by atoms with Gasteiger partial charge in [0.15, 0.2) is 0 Å². The molecule has 0 aliphatic rings. The van der Waals surface area contributed by atoms with Gasteiger partial charge in [-0.1, -0.05) is 0 Å². The minimum absolute atomic E-state index is 0.0892. The van der Waals surface area contributed by atoms with Crippen molar-refractivity contribution in [2.75, 3.05) is 17.3 Å². The Hall–Kier alpha value is -1.53. The lowest BCUT2D eigenvalue weighted by Gasteiger charge is -2.12. The van der Waals surface area contributed by atoms with Gasteiger partial charge in [0.1, 0.15) is 0 Å². The summed E-state index contributed by atoms with van der Waals surface area (Å²) in [6.07, 6.45) is 2.62. The van der Waals surface area contributed by atoms with E-state index < -0.39 is 6.04 Å². The summed E-state index contributed by atoms with van der Waals surface area (Å²) in [5.41, 5.74) is 7.00. The van der Waals surface area contributed by atoms with Crippen molar-refractivity contribution in [3.63, 3.8) is 0 Å². The third-order valence-electron chi connectivity index (χ3n) is 2.80. The summed E-state index contributed by atoms with van der Waals surface area (Å²) in [4.78, 5) is 23.7. The summed E-state index contributed by atoms with van der Waals surface area (Å²) < 4.78 is 0. The van der Waals surface area contributed by atoms with Crippen LogP contribution >= 0.6 is 11.8 Å². The Balaban J connectivity index is 2.58. The Kier molecular flexibility index (Phi) is 7.25. The predicted molar refractivity (Wildman–Crippen MR) is 88.6 cm³/mol. The van der Waals surface area contributed by atoms with Gasteiger partial charge < -0.3 is 16.4 Å². The predicted octanol–water partition coefficient (Wildman–Crippen LogP) is 1.84. The molecule has 21 heavy (non-hydrogen) atoms. The van der Waals surface area contributed by atoms with E-state index in [1.54, 1.807) is 36.0 Å². The lowest BCUT2D eigenvalue weighted by molar-refractivity contribution is -0.117. The van der Waals surface area contributed by atoms with Crippen molar-refractivity contribution < 1.29 is 9.59 Å². The van der Waals surface area contributed by atoms with Crippen LogP contribution in [0.3, 0.4) is 0 Å². The van der Waals surface area contributed by atoms with Crippen molar-refractivity contribution in [3.05, 3.63) is 29.8 Å². The summed E-state index contributed by atoms with van der Waals surface area (Å²) in [7, 11) is 0. The highest BCUT2D eigenvalue weighted by Gasteiger charge is 2.13. The largest absolute Gasteiger partial charge is 0.350 e. The van der Waals surface area contributed by atoms with Gasteiger partial charge in [0.05, 0.1) is 6.04 Å². The third-order valence-corrected chi connectivity index (χ3v) is 3.45. The molecule has 6 heteroatoms. The number of anilines is 1. The average molecular weight is 309 g/mol. The van der Waals surface area contributed by atoms with Gasteiger partial charge in [-0.05, 0) is 56.5 Å². The van der Waals surface area contributed by atoms with Gasteiger partial charge in [-0.2, -0.15) is 11.8 Å². The molecule has 116 valence electrons. The summed E-state index contributed by atoms with van der Waals surface area (Å²) in [6, 6.07) is 6.34. The molecule has 0 fully saturated rings. The molecule has 0 saturated carbocycles. The fourth-order valence-electron chi connectivity index (χ4n) is 1.66. The van der Waals surface area contributed by atoms with Gasteiger partial charge in [-0.25, -0.2) is 0 Å². The summed E-state index contributed by atoms with van der Waals surface area (Å²) in [5.74, 6) is 0.520. The first-order valence-electron chi connectivity index (χ1n) is 6.90. The molecule has 2 amide bonds. The fourth-order valence-corrected chi connectivity index (χ4v) is 2.15. The number of carbonyl (C=O) groups excluding carboxylic acids is 2. The molecule has 0 radical (unpaired) electrons. The standard InChI is InChI=1S/C15H23N3O2S/c1-10(2)17-14(19)11-4-6-12(7-5-11)18-15(20)13(16)8-9-21-3/h4-7,10,13H,8-9,16H2,1-3H3,(H,17,19)(H,18,20)/t13-/m0/s1. The van der Waals surface area contributed by atoms with Crippen LogP contribution in [0.4, 0.5) is 5.69 Å². The lowest BCUT2D eigenvalue weighted by atomic mass is 10.1. The summed E-state index contributed by atoms with van der Waals surface area (Å²) >= 11 is 1.66. The van der Waals surface area contributed by atoms with Crippen LogP contribution in [0.1, 0.15) is 30.6 Å². The van der Waals surface area contributed by atoms with Crippen LogP contribution in [0.2, 0.25) is 0 Å². The molecular weight excluding hydrogens is 286 g/mol. The van der Waals surface area contributed by atoms with Crippen molar-refractivity contribution in [3.8, 4) is 0 Å². The van der Waals surface area contributed by atoms with Crippen molar-refractivity contribution in [1.82, 2.24) is 5.32 Å². The summed E-state index contributed by atoms with van der Waals surface area (Å²) in [5, 5.41) is 5.56. The van der Waals surface area contributed by atoms with Crippen molar-refractivity contribution in [1.29, 1.82) is 0 Å². The van der Waals surface area contributed by atoms with Gasteiger partial charge in [0, 0.05) is 17.3 Å². The normalized spacial score (nSPS) is 12.0. The van der Waals surface area contributed by atoms with Gasteiger partial charge >= 0.3 is 0 Å². The Bertz CT molecular complexity index is 474. The molecule has 4 N–H and O–H groups in total. The Morgan fingerprint density at radius 1 is 1.24 bits per heavy atom. The zero-order valence-corrected chi connectivity index (χ0v) is 13.5. The van der Waals surface area contributed by atoms with Crippen molar-refractivity contribution >= 4 is 29.3 Å². The van der Waals surface area contributed by atoms with Crippen molar-refractivity contribution in [2.45, 2.75) is 32.4 Å². The molecule has 1 rings (SSSR count). The van der Waals surface area contributed by atoms with E-state index in [-0.39, 0.29) is 17.9 Å². The first-order chi connectivity index (χ1) is 9.93. The van der Waals surface area contributed by atoms with Crippen LogP contribution in [0.5, 0.6) is 0 Å². The van der Waals surface area contributed by atoms with E-state index in [1.165, 1.54) is 0 Å². The zero-order valence-electron chi connectivity index (χ0n) is 12.7. The second-order valence-corrected chi connectivity index (χ2v) is 6.07. The second kappa shape index (κ2) is 8.69. The smallest absolute Gasteiger partial charge is 0.251 e. The number of carbonyl (C=O) groups is 2. The Labute approximate surface area is 130 Å². The Morgan fingerprint density at radius 3 is 2.38 bits per heavy atom. The number of amides is 2. The maximum Gasteiger partial charge on any atom is 0.251 e. The van der Waals surface area contributed by atoms with E-state index in [0.29, 0.717) is 17.7 Å². The third kappa shape index (κ3) is 6.18. The monoisotopic (exact) mass is 309 g/mol. The molecule has 0 aliphatic heterocycles. The molecule has 0 aromatic heterocycles. The highest BCUT2D eigenvalue weighted by atomic mass is 32.2. The number of benzene rings is 1. The first kappa shape index (κ1) is 17.5. The number of nitrogens with two attached hydrogens (primary N) is 1. The number of thioether (sulfide) groups is 1. The second-order valence-electron chi connectivity index (χ2n) is 5.08. The van der Waals surface area contributed by atoms with E-state index >= 15 is 0 Å². The first-order valence-corrected chi connectivity index (χ1v) is 8.29. The van der Waals surface area contributed by atoms with Crippen molar-refractivity contribution in [2.24, 2.45) is 5.73 Å². The minimum Gasteiger partial charge on any atom is -0.350 e. The van der Waals surface area contributed by atoms with E-state index in [0.717, 1.165) is 5.75 Å². The van der Waals surface area contributed by atoms with Gasteiger partial charge in [0.2, 0.25) is 5.91 Å². The average Bonchev–Trinajstić information content (AvgIpc) is 2.44. The number of rotatable bonds is 7. The molecular formula is C15H23N3O2S. The van der Waals surface area contributed by atoms with Gasteiger partial charge in [-0.3, -0.25) is 9.59 Å². The van der Waals surface area contributed by atoms with Crippen LogP contribution in [-0.4, -0.2) is 35.9 Å². The molecule has 0 saturated heterocycles. The van der Waals surface area contributed by atoms with Crippen LogP contribution in [0.15, 0.2) is 24.3 Å². The highest BCUT2D eigenvalue weighted by Crippen LogP contribution is 2.11. The molecule has 0 unspecified atom stereocenters. The number of hydrogen-bond donors (Lipinski definition) is 3. The molecule has 1 aromatic carbocycles. The van der Waals surface area contributed by atoms with Gasteiger partial charge in [-0.15, -0.1) is 0 Å². The molecule has 0 heterocycles. The maximum atomic E-state index is 11.9. The molecule has 0 aliphatic carbocycles. The molecule has 5 nitrogen and oxygen atoms in total. The van der Waals surface area contributed by atoms with E-state index in [4.69, 9.17) is 5.73 Å². The van der Waals surface area contributed by atoms with Crippen LogP contribution in [0.25, 0.3) is 0 Å². The minimum atomic E-state index is -0.513. The Morgan fingerprint density at radius 2 is 1.86 bits per heavy atom. The van der Waals surface area contributed by atoms with E-state index in [2.05, 4.69) is 10.6 Å². The van der Waals surface area contributed by atoms with E-state index in [9.17, 15) is 9.59 Å². The fraction of sp³-hybridized carbons (Fsp3) is 0.467. The SMILES string of the molecule is CSCC[C@H](N)C(=O)Nc1ccc(C(=O)NC(C)C)cc1. The molecule has 0 bridgehead atoms. The van der Waals surface area contributed by atoms with E-state index in [1.807, 2.05) is 20.1 Å². The molecule has 1 aromatic rings. The van der Waals surface area contributed by atoms with Crippen LogP contribution in [0, 0.1) is 0 Å². The summed E-state index contributed by atoms with van der Waals surface area (Å²) in [6.45, 7) is 3.81. The maximum absolute atomic E-state index is 11.9. The number of nitrogens with one attached hydrogen (secondary N) is 2. The molecule has 1 atom stereocenters. The van der Waals surface area contributed by atoms with Gasteiger partial charge in [0.25, 0.3) is 5.91 Å². The van der Waals surface area contributed by atoms with Crippen LogP contribution < -0.4 is 16.4 Å². The molecule has 0 spiro atoms.